The lowest BCUT2D eigenvalue weighted by Gasteiger charge is -2.45. The summed E-state index contributed by atoms with van der Waals surface area (Å²) >= 11 is 0. The first kappa shape index (κ1) is 32.3. The Hall–Kier alpha value is -4.14. The fraction of sp³-hybridized carbons (Fsp3) is 0.405. The number of rotatable bonds is 13. The van der Waals surface area contributed by atoms with E-state index >= 15 is 0 Å². The molecular weight excluding hydrogens is 566 g/mol. The van der Waals surface area contributed by atoms with Crippen molar-refractivity contribution in [2.24, 2.45) is 0 Å². The summed E-state index contributed by atoms with van der Waals surface area (Å²) in [5, 5.41) is 3.73. The highest BCUT2D eigenvalue weighted by Gasteiger charge is 2.37. The summed E-state index contributed by atoms with van der Waals surface area (Å²) in [5.74, 6) is 1.56. The van der Waals surface area contributed by atoms with Crippen LogP contribution < -0.4 is 14.8 Å². The fourth-order valence-electron chi connectivity index (χ4n) is 6.29. The summed E-state index contributed by atoms with van der Waals surface area (Å²) in [6.45, 7) is 7.02. The number of hydrogen-bond acceptors (Lipinski definition) is 6. The van der Waals surface area contributed by atoms with E-state index in [0.29, 0.717) is 39.5 Å². The largest absolute Gasteiger partial charge is 0.496 e. The number of benzene rings is 3. The van der Waals surface area contributed by atoms with Gasteiger partial charge in [0.05, 0.1) is 32.8 Å². The number of fused-ring (bicyclic) bond motifs is 2. The molecule has 2 amide bonds. The molecule has 0 spiro atoms. The van der Waals surface area contributed by atoms with E-state index in [2.05, 4.69) is 17.4 Å². The number of carbonyl (C=O) groups is 2. The molecule has 0 radical (unpaired) electrons. The van der Waals surface area contributed by atoms with Gasteiger partial charge in [0, 0.05) is 57.7 Å². The highest BCUT2D eigenvalue weighted by molar-refractivity contribution is 5.84. The number of amides is 2. The molecule has 3 atom stereocenters. The summed E-state index contributed by atoms with van der Waals surface area (Å²) in [6.07, 6.45) is 1.56. The number of nitrogens with zero attached hydrogens (tertiary/aromatic N) is 2. The van der Waals surface area contributed by atoms with Crippen LogP contribution in [0.5, 0.6) is 11.5 Å². The Balaban J connectivity index is 1.24. The lowest BCUT2D eigenvalue weighted by Crippen LogP contribution is -2.61. The molecule has 0 saturated carbocycles. The van der Waals surface area contributed by atoms with E-state index in [4.69, 9.17) is 14.2 Å². The maximum absolute atomic E-state index is 13.5. The summed E-state index contributed by atoms with van der Waals surface area (Å²) in [4.78, 5) is 29.6. The molecule has 8 heteroatoms. The lowest BCUT2D eigenvalue weighted by molar-refractivity contribution is -0.132. The van der Waals surface area contributed by atoms with Crippen LogP contribution in [0.1, 0.15) is 49.3 Å². The van der Waals surface area contributed by atoms with Crippen LogP contribution in [-0.4, -0.2) is 80.7 Å². The van der Waals surface area contributed by atoms with E-state index in [1.54, 1.807) is 14.0 Å². The molecule has 45 heavy (non-hydrogen) atoms. The van der Waals surface area contributed by atoms with E-state index in [-0.39, 0.29) is 29.8 Å². The fourth-order valence-corrected chi connectivity index (χ4v) is 6.29. The maximum atomic E-state index is 13.5. The monoisotopic (exact) mass is 611 g/mol. The molecule has 1 fully saturated rings. The Bertz CT molecular complexity index is 1470. The number of likely N-dealkylation sites (N-methyl/N-ethyl adjacent to an activating group) is 1. The molecule has 8 nitrogen and oxygen atoms in total. The Labute approximate surface area is 267 Å². The second-order valence-electron chi connectivity index (χ2n) is 12.0. The number of methoxy groups -OCH3 is 1. The summed E-state index contributed by atoms with van der Waals surface area (Å²) in [7, 11) is 3.54. The molecule has 1 N–H and O–H groups in total. The summed E-state index contributed by atoms with van der Waals surface area (Å²) in [6, 6.07) is 26.2. The minimum Gasteiger partial charge on any atom is -0.496 e. The van der Waals surface area contributed by atoms with Crippen molar-refractivity contribution in [1.82, 2.24) is 15.1 Å². The smallest absolute Gasteiger partial charge is 0.229 e. The van der Waals surface area contributed by atoms with Gasteiger partial charge in [0.25, 0.3) is 0 Å². The average Bonchev–Trinajstić information content (AvgIpc) is 3.07. The zero-order valence-corrected chi connectivity index (χ0v) is 26.8. The van der Waals surface area contributed by atoms with Gasteiger partial charge < -0.3 is 29.3 Å². The number of ether oxygens (including phenoxy) is 3. The molecular formula is C37H45N3O5. The molecule has 0 aliphatic carbocycles. The van der Waals surface area contributed by atoms with Crippen LogP contribution in [0, 0.1) is 0 Å². The predicted octanol–water partition coefficient (Wildman–Crippen LogP) is 5.29. The maximum Gasteiger partial charge on any atom is 0.229 e. The van der Waals surface area contributed by atoms with Crippen LogP contribution >= 0.6 is 0 Å². The minimum atomic E-state index is -0.243. The van der Waals surface area contributed by atoms with Gasteiger partial charge in [-0.05, 0) is 53.8 Å². The topological polar surface area (TPSA) is 80.3 Å². The van der Waals surface area contributed by atoms with Crippen molar-refractivity contribution >= 4 is 17.4 Å². The van der Waals surface area contributed by atoms with E-state index in [0.717, 1.165) is 46.6 Å². The first-order valence-electron chi connectivity index (χ1n) is 15.8. The van der Waals surface area contributed by atoms with Gasteiger partial charge in [-0.3, -0.25) is 9.59 Å². The highest BCUT2D eigenvalue weighted by Crippen LogP contribution is 2.34. The van der Waals surface area contributed by atoms with E-state index in [1.807, 2.05) is 90.5 Å². The number of piperazine rings is 1. The minimum absolute atomic E-state index is 0.00883. The number of hydrogen-bond donors (Lipinski definition) is 1. The quantitative estimate of drug-likeness (QED) is 0.265. The third-order valence-electron chi connectivity index (χ3n) is 8.79. The standard InChI is InChI=1S/C37H45N3O5/c1-26(28-11-6-5-7-12-28)37(42)39(3)23-34-33(21-31-22-40(27(2)41)24-35(34)38-31)29-15-17-32(18-16-29)45-20-10-19-44-25-30-13-8-9-14-36(30)43-4/h5-9,11-18,26,31,35,38H,10,19-25H2,1-4H3/t26-,31?,35+/m0/s1. The van der Waals surface area contributed by atoms with Gasteiger partial charge in [0.2, 0.25) is 11.8 Å². The molecule has 2 aliphatic rings. The first-order valence-corrected chi connectivity index (χ1v) is 15.8. The van der Waals surface area contributed by atoms with Gasteiger partial charge >= 0.3 is 0 Å². The van der Waals surface area contributed by atoms with Gasteiger partial charge in [-0.25, -0.2) is 0 Å². The second kappa shape index (κ2) is 15.2. The van der Waals surface area contributed by atoms with Crippen LogP contribution in [0.3, 0.4) is 0 Å². The Morgan fingerprint density at radius 1 is 0.978 bits per heavy atom. The molecule has 2 heterocycles. The number of carbonyl (C=O) groups excluding carboxylic acids is 2. The molecule has 5 rings (SSSR count). The molecule has 0 aromatic heterocycles. The SMILES string of the molecule is COc1ccccc1COCCCOc1ccc(C2=C(CN(C)C(=O)[C@@H](C)c3ccccc3)[C@H]3CN(C(C)=O)CC(C2)N3)cc1. The normalized spacial score (nSPS) is 18.4. The van der Waals surface area contributed by atoms with Gasteiger partial charge in [-0.2, -0.15) is 0 Å². The number of nitrogens with one attached hydrogen (secondary N) is 1. The zero-order chi connectivity index (χ0) is 31.8. The Morgan fingerprint density at radius 2 is 1.71 bits per heavy atom. The van der Waals surface area contributed by atoms with Crippen LogP contribution in [0.4, 0.5) is 0 Å². The van der Waals surface area contributed by atoms with Gasteiger partial charge in [-0.1, -0.05) is 60.7 Å². The third kappa shape index (κ3) is 8.12. The van der Waals surface area contributed by atoms with Gasteiger partial charge in [0.1, 0.15) is 11.5 Å². The van der Waals surface area contributed by atoms with Crippen LogP contribution in [-0.2, 0) is 20.9 Å². The van der Waals surface area contributed by atoms with E-state index < -0.39 is 0 Å². The highest BCUT2D eigenvalue weighted by atomic mass is 16.5. The molecule has 3 aromatic rings. The van der Waals surface area contributed by atoms with E-state index in [9.17, 15) is 9.59 Å². The van der Waals surface area contributed by atoms with Crippen molar-refractivity contribution in [2.45, 2.75) is 51.3 Å². The average molecular weight is 612 g/mol. The van der Waals surface area contributed by atoms with Crippen molar-refractivity contribution in [1.29, 1.82) is 0 Å². The van der Waals surface area contributed by atoms with Crippen molar-refractivity contribution < 1.29 is 23.8 Å². The van der Waals surface area contributed by atoms with Crippen molar-refractivity contribution in [3.63, 3.8) is 0 Å². The van der Waals surface area contributed by atoms with E-state index in [1.165, 1.54) is 5.57 Å². The predicted molar refractivity (Wildman–Crippen MR) is 176 cm³/mol. The third-order valence-corrected chi connectivity index (χ3v) is 8.79. The number of para-hydroxylation sites is 1. The van der Waals surface area contributed by atoms with Crippen molar-refractivity contribution in [3.05, 3.63) is 101 Å². The summed E-state index contributed by atoms with van der Waals surface area (Å²) < 4.78 is 17.2. The molecule has 1 saturated heterocycles. The van der Waals surface area contributed by atoms with Crippen molar-refractivity contribution in [2.75, 3.05) is 47.0 Å². The molecule has 2 aliphatic heterocycles. The van der Waals surface area contributed by atoms with Gasteiger partial charge in [-0.15, -0.1) is 0 Å². The first-order chi connectivity index (χ1) is 21.8. The Morgan fingerprint density at radius 3 is 2.44 bits per heavy atom. The van der Waals surface area contributed by atoms with Crippen LogP contribution in [0.2, 0.25) is 0 Å². The van der Waals surface area contributed by atoms with Crippen molar-refractivity contribution in [3.8, 4) is 11.5 Å². The molecule has 3 aromatic carbocycles. The molecule has 1 unspecified atom stereocenters. The second-order valence-corrected chi connectivity index (χ2v) is 12.0. The lowest BCUT2D eigenvalue weighted by atomic mass is 9.83. The van der Waals surface area contributed by atoms with Crippen LogP contribution in [0.25, 0.3) is 5.57 Å². The molecule has 2 bridgehead atoms. The van der Waals surface area contributed by atoms with Gasteiger partial charge in [0.15, 0.2) is 0 Å². The van der Waals surface area contributed by atoms with Crippen LogP contribution in [0.15, 0.2) is 84.4 Å². The Kier molecular flexibility index (Phi) is 10.9. The molecule has 238 valence electrons. The zero-order valence-electron chi connectivity index (χ0n) is 26.8. The summed E-state index contributed by atoms with van der Waals surface area (Å²) in [5.41, 5.74) is 5.57.